The fourth-order valence-corrected chi connectivity index (χ4v) is 14.9. The quantitative estimate of drug-likeness (QED) is 0.207. The predicted octanol–water partition coefficient (Wildman–Crippen LogP) is 7.25. The summed E-state index contributed by atoms with van der Waals surface area (Å²) in [6.45, 7) is 8.96. The van der Waals surface area contributed by atoms with Crippen molar-refractivity contribution in [3.8, 4) is 11.4 Å². The standard InChI is InChI=1S/C53H60ClN7O5/c54-40-5-4-6-41-45(40)48(64)56-50-53(15-2-1-3-16-53)38-9-7-34(27-43(38)61(41)50)58-21-13-33(14-22-58)30-57-23-17-51(18-24-57)28-35(29-51)59-25-19-52(20-26-59)32-66-46-37-31-60(42-11-12-44(62)55-47(42)63)49(65)36(37)8-10-39(46)52/h4-10,27,33,35,42H,1-3,11-26,28-32H2,(H,55,62,63)/t42-/m0/s1. The van der Waals surface area contributed by atoms with E-state index in [0.717, 1.165) is 93.3 Å². The van der Waals surface area contributed by atoms with Crippen molar-refractivity contribution in [3.05, 3.63) is 92.0 Å². The molecule has 4 aromatic rings. The number of anilines is 1. The molecule has 2 saturated carbocycles. The van der Waals surface area contributed by atoms with E-state index in [1.54, 1.807) is 11.0 Å². The van der Waals surface area contributed by atoms with Crippen LogP contribution in [0.5, 0.6) is 5.75 Å². The molecule has 1 N–H and O–H groups in total. The minimum Gasteiger partial charge on any atom is -0.492 e. The molecule has 6 fully saturated rings. The topological polar surface area (TPSA) is 120 Å². The first-order valence-electron chi connectivity index (χ1n) is 25.1. The summed E-state index contributed by atoms with van der Waals surface area (Å²) >= 11 is 6.64. The van der Waals surface area contributed by atoms with Crippen LogP contribution in [0.3, 0.4) is 0 Å². The molecule has 0 radical (unpaired) electrons. The fourth-order valence-electron chi connectivity index (χ4n) is 14.6. The van der Waals surface area contributed by atoms with E-state index in [1.165, 1.54) is 87.1 Å². The third kappa shape index (κ3) is 6.32. The molecule has 1 aromatic heterocycles. The molecule has 0 bridgehead atoms. The molecule has 4 saturated heterocycles. The van der Waals surface area contributed by atoms with Gasteiger partial charge in [-0.1, -0.05) is 49.1 Å². The summed E-state index contributed by atoms with van der Waals surface area (Å²) in [6, 6.07) is 17.0. The molecule has 13 rings (SSSR count). The fraction of sp³-hybridized carbons (Fsp3) is 0.566. The number of carbonyl (C=O) groups excluding carboxylic acids is 3. The van der Waals surface area contributed by atoms with Crippen LogP contribution in [0.15, 0.2) is 53.3 Å². The number of benzene rings is 3. The van der Waals surface area contributed by atoms with Crippen LogP contribution in [-0.4, -0.2) is 106 Å². The zero-order valence-electron chi connectivity index (χ0n) is 37.9. The molecule has 344 valence electrons. The monoisotopic (exact) mass is 909 g/mol. The van der Waals surface area contributed by atoms with Crippen molar-refractivity contribution in [2.45, 2.75) is 126 Å². The number of nitrogens with one attached hydrogen (secondary N) is 1. The lowest BCUT2D eigenvalue weighted by Crippen LogP contribution is -2.58. The summed E-state index contributed by atoms with van der Waals surface area (Å²) in [6.07, 6.45) is 16.0. The Labute approximate surface area is 391 Å². The Kier molecular flexibility index (Phi) is 9.64. The highest BCUT2D eigenvalue weighted by atomic mass is 35.5. The van der Waals surface area contributed by atoms with Crippen LogP contribution < -0.4 is 20.5 Å². The highest BCUT2D eigenvalue weighted by molar-refractivity contribution is 6.35. The van der Waals surface area contributed by atoms with Gasteiger partial charge >= 0.3 is 0 Å². The van der Waals surface area contributed by atoms with Crippen molar-refractivity contribution < 1.29 is 19.1 Å². The van der Waals surface area contributed by atoms with Gasteiger partial charge in [0.05, 0.1) is 40.2 Å². The summed E-state index contributed by atoms with van der Waals surface area (Å²) < 4.78 is 8.74. The minimum atomic E-state index is -0.617. The number of piperidine rings is 4. The number of halogens is 1. The number of aromatic nitrogens is 2. The molecule has 8 heterocycles. The Hall–Kier alpha value is -4.78. The second kappa shape index (κ2) is 15.4. The second-order valence-electron chi connectivity index (χ2n) is 21.8. The summed E-state index contributed by atoms with van der Waals surface area (Å²) in [7, 11) is 0. The maximum Gasteiger partial charge on any atom is 0.282 e. The molecule has 66 heavy (non-hydrogen) atoms. The molecule has 7 aliphatic heterocycles. The number of ether oxygens (including phenoxy) is 1. The van der Waals surface area contributed by atoms with Gasteiger partial charge < -0.3 is 24.3 Å². The van der Waals surface area contributed by atoms with Crippen molar-refractivity contribution in [2.24, 2.45) is 11.3 Å². The molecule has 1 atom stereocenters. The molecule has 0 unspecified atom stereocenters. The number of rotatable bonds is 5. The minimum absolute atomic E-state index is 0.0225. The maximum absolute atomic E-state index is 13.5. The van der Waals surface area contributed by atoms with Crippen LogP contribution in [0, 0.1) is 11.3 Å². The third-order valence-corrected chi connectivity index (χ3v) is 18.8. The van der Waals surface area contributed by atoms with Crippen LogP contribution in [0.1, 0.15) is 129 Å². The number of hydrogen-bond donors (Lipinski definition) is 1. The van der Waals surface area contributed by atoms with E-state index in [1.807, 2.05) is 18.2 Å². The molecule has 3 spiro atoms. The van der Waals surface area contributed by atoms with Gasteiger partial charge in [0, 0.05) is 59.9 Å². The van der Waals surface area contributed by atoms with Gasteiger partial charge in [-0.05, 0) is 144 Å². The van der Waals surface area contributed by atoms with Crippen LogP contribution in [0.4, 0.5) is 5.69 Å². The van der Waals surface area contributed by atoms with E-state index >= 15 is 0 Å². The first-order valence-corrected chi connectivity index (χ1v) is 25.5. The van der Waals surface area contributed by atoms with Crippen molar-refractivity contribution in [2.75, 3.05) is 57.3 Å². The smallest absolute Gasteiger partial charge is 0.282 e. The van der Waals surface area contributed by atoms with Crippen molar-refractivity contribution in [1.29, 1.82) is 0 Å². The van der Waals surface area contributed by atoms with E-state index in [2.05, 4.69) is 48.8 Å². The lowest BCUT2D eigenvalue weighted by molar-refractivity contribution is -0.136. The van der Waals surface area contributed by atoms with Gasteiger partial charge in [-0.25, -0.2) is 0 Å². The highest BCUT2D eigenvalue weighted by Gasteiger charge is 2.52. The second-order valence-corrected chi connectivity index (χ2v) is 22.2. The average Bonchev–Trinajstić information content (AvgIpc) is 3.94. The molecule has 2 aliphatic carbocycles. The van der Waals surface area contributed by atoms with Crippen molar-refractivity contribution in [1.82, 2.24) is 29.6 Å². The molecule has 13 heteroatoms. The van der Waals surface area contributed by atoms with Gasteiger partial charge in [0.1, 0.15) is 17.6 Å². The SMILES string of the molecule is O=C1CC[C@H](N2Cc3c(ccc4c3OCC43CCN(C4CC5(CCN(CC6CCN(c7ccc8c(c7)-n7c(nc(=O)c9c(Cl)cccc97)C87CCCCC7)CC6)CC5)C4)CC3)C2=O)C(=O)N1. The van der Waals surface area contributed by atoms with Gasteiger partial charge in [-0.3, -0.25) is 29.1 Å². The van der Waals surface area contributed by atoms with Gasteiger partial charge in [0.25, 0.3) is 11.5 Å². The number of nitrogens with zero attached hydrogens (tertiary/aromatic N) is 6. The van der Waals surface area contributed by atoms with Crippen LogP contribution >= 0.6 is 11.6 Å². The molecule has 9 aliphatic rings. The Morgan fingerprint density at radius 2 is 1.59 bits per heavy atom. The van der Waals surface area contributed by atoms with E-state index in [0.29, 0.717) is 47.0 Å². The van der Waals surface area contributed by atoms with Crippen molar-refractivity contribution >= 4 is 45.9 Å². The summed E-state index contributed by atoms with van der Waals surface area (Å²) in [5.41, 5.74) is 7.48. The van der Waals surface area contributed by atoms with Gasteiger partial charge in [-0.2, -0.15) is 4.98 Å². The first-order chi connectivity index (χ1) is 32.1. The van der Waals surface area contributed by atoms with E-state index < -0.39 is 6.04 Å². The summed E-state index contributed by atoms with van der Waals surface area (Å²) in [5, 5.41) is 3.40. The zero-order valence-corrected chi connectivity index (χ0v) is 38.7. The molecule has 3 amide bonds. The number of amides is 3. The van der Waals surface area contributed by atoms with E-state index in [4.69, 9.17) is 21.3 Å². The average molecular weight is 911 g/mol. The Bertz CT molecular complexity index is 2750. The van der Waals surface area contributed by atoms with Crippen LogP contribution in [0.25, 0.3) is 16.6 Å². The van der Waals surface area contributed by atoms with Crippen LogP contribution in [0.2, 0.25) is 5.02 Å². The molecular weight excluding hydrogens is 850 g/mol. The maximum atomic E-state index is 13.5. The number of carbonyl (C=O) groups is 3. The lowest BCUT2D eigenvalue weighted by atomic mass is 9.59. The molecular formula is C53H60ClN7O5. The van der Waals surface area contributed by atoms with E-state index in [9.17, 15) is 19.2 Å². The third-order valence-electron chi connectivity index (χ3n) is 18.5. The predicted molar refractivity (Wildman–Crippen MR) is 253 cm³/mol. The number of hydrogen-bond acceptors (Lipinski definition) is 9. The largest absolute Gasteiger partial charge is 0.492 e. The zero-order chi connectivity index (χ0) is 44.5. The van der Waals surface area contributed by atoms with Crippen molar-refractivity contribution in [3.63, 3.8) is 0 Å². The first kappa shape index (κ1) is 41.4. The summed E-state index contributed by atoms with van der Waals surface area (Å²) in [4.78, 5) is 65.9. The van der Waals surface area contributed by atoms with Crippen LogP contribution in [-0.2, 0) is 27.0 Å². The normalized spacial score (nSPS) is 25.8. The molecule has 12 nitrogen and oxygen atoms in total. The highest BCUT2D eigenvalue weighted by Crippen LogP contribution is 2.55. The van der Waals surface area contributed by atoms with Gasteiger partial charge in [0.15, 0.2) is 0 Å². The Morgan fingerprint density at radius 1 is 0.818 bits per heavy atom. The molecule has 3 aromatic carbocycles. The Balaban J connectivity index is 0.603. The van der Waals surface area contributed by atoms with E-state index in [-0.39, 0.29) is 40.5 Å². The number of likely N-dealkylation sites (tertiary alicyclic amines) is 2. The lowest BCUT2D eigenvalue weighted by Gasteiger charge is -2.57. The summed E-state index contributed by atoms with van der Waals surface area (Å²) in [5.74, 6) is 1.71. The van der Waals surface area contributed by atoms with Gasteiger partial charge in [0.2, 0.25) is 11.8 Å². The number of imide groups is 1. The Morgan fingerprint density at radius 3 is 2.36 bits per heavy atom. The number of fused-ring (bicyclic) bond motifs is 11. The van der Waals surface area contributed by atoms with Gasteiger partial charge in [-0.15, -0.1) is 0 Å².